The molecule has 0 aliphatic heterocycles. The van der Waals surface area contributed by atoms with Gasteiger partial charge in [-0.3, -0.25) is 9.59 Å². The molecular weight excluding hydrogens is 311 g/mol. The number of nitrogens with one attached hydrogen (secondary N) is 2. The molecule has 0 unspecified atom stereocenters. The van der Waals surface area contributed by atoms with Gasteiger partial charge in [-0.05, 0) is 17.7 Å². The molecule has 1 aromatic carbocycles. The molecule has 0 saturated carbocycles. The molecule has 0 aliphatic carbocycles. The Hall–Kier alpha value is -1.26. The third kappa shape index (κ3) is 6.36. The summed E-state index contributed by atoms with van der Waals surface area (Å²) in [4.78, 5) is 23.3. The molecule has 0 aliphatic rings. The van der Waals surface area contributed by atoms with Gasteiger partial charge >= 0.3 is 0 Å². The first kappa shape index (κ1) is 17.8. The van der Waals surface area contributed by atoms with Crippen molar-refractivity contribution in [2.24, 2.45) is 5.41 Å². The molecule has 0 bridgehead atoms. The summed E-state index contributed by atoms with van der Waals surface area (Å²) in [5.74, 6) is -0.216. The maximum atomic E-state index is 11.7. The maximum absolute atomic E-state index is 11.7. The zero-order valence-corrected chi connectivity index (χ0v) is 13.9. The smallest absolute Gasteiger partial charge is 0.225 e. The molecule has 0 spiro atoms. The van der Waals surface area contributed by atoms with Gasteiger partial charge in [0.1, 0.15) is 0 Å². The van der Waals surface area contributed by atoms with Crippen molar-refractivity contribution in [1.29, 1.82) is 0 Å². The van der Waals surface area contributed by atoms with Crippen molar-refractivity contribution >= 4 is 35.0 Å². The lowest BCUT2D eigenvalue weighted by Crippen LogP contribution is -2.37. The molecule has 0 heterocycles. The van der Waals surface area contributed by atoms with Crippen LogP contribution in [0.4, 0.5) is 0 Å². The Balaban J connectivity index is 2.33. The van der Waals surface area contributed by atoms with Crippen LogP contribution in [-0.4, -0.2) is 18.4 Å². The summed E-state index contributed by atoms with van der Waals surface area (Å²) < 4.78 is 0. The summed E-state index contributed by atoms with van der Waals surface area (Å²) >= 11 is 11.8. The van der Waals surface area contributed by atoms with E-state index in [-0.39, 0.29) is 18.2 Å². The molecule has 0 fully saturated rings. The van der Waals surface area contributed by atoms with Crippen LogP contribution in [0.1, 0.15) is 32.8 Å². The number of carbonyl (C=O) groups excluding carboxylic acids is 2. The van der Waals surface area contributed by atoms with Gasteiger partial charge in [0, 0.05) is 35.0 Å². The first-order chi connectivity index (χ1) is 9.70. The van der Waals surface area contributed by atoms with Gasteiger partial charge in [-0.2, -0.15) is 0 Å². The van der Waals surface area contributed by atoms with Crippen LogP contribution in [0.2, 0.25) is 10.0 Å². The number of hydrogen-bond donors (Lipinski definition) is 2. The lowest BCUT2D eigenvalue weighted by atomic mass is 9.96. The predicted molar refractivity (Wildman–Crippen MR) is 85.4 cm³/mol. The van der Waals surface area contributed by atoms with Crippen LogP contribution in [-0.2, 0) is 16.1 Å². The normalized spacial score (nSPS) is 11.1. The van der Waals surface area contributed by atoms with Gasteiger partial charge in [0.15, 0.2) is 0 Å². The van der Waals surface area contributed by atoms with Crippen LogP contribution in [0.3, 0.4) is 0 Å². The Labute approximate surface area is 135 Å². The van der Waals surface area contributed by atoms with E-state index in [4.69, 9.17) is 23.2 Å². The first-order valence-electron chi connectivity index (χ1n) is 6.69. The highest BCUT2D eigenvalue weighted by atomic mass is 35.5. The molecule has 2 N–H and O–H groups in total. The highest BCUT2D eigenvalue weighted by Crippen LogP contribution is 2.20. The van der Waals surface area contributed by atoms with E-state index in [1.807, 2.05) is 20.8 Å². The van der Waals surface area contributed by atoms with E-state index in [1.54, 1.807) is 18.2 Å². The van der Waals surface area contributed by atoms with Crippen LogP contribution < -0.4 is 10.6 Å². The first-order valence-corrected chi connectivity index (χ1v) is 7.44. The van der Waals surface area contributed by atoms with Crippen LogP contribution in [0.25, 0.3) is 0 Å². The second kappa shape index (κ2) is 7.66. The van der Waals surface area contributed by atoms with Crippen molar-refractivity contribution in [1.82, 2.24) is 10.6 Å². The van der Waals surface area contributed by atoms with Crippen LogP contribution in [0.15, 0.2) is 18.2 Å². The van der Waals surface area contributed by atoms with Gasteiger partial charge in [-0.25, -0.2) is 0 Å². The molecule has 21 heavy (non-hydrogen) atoms. The zero-order valence-electron chi connectivity index (χ0n) is 12.4. The highest BCUT2D eigenvalue weighted by molar-refractivity contribution is 6.35. The average Bonchev–Trinajstić information content (AvgIpc) is 2.36. The zero-order chi connectivity index (χ0) is 16.0. The van der Waals surface area contributed by atoms with Gasteiger partial charge in [0.25, 0.3) is 0 Å². The van der Waals surface area contributed by atoms with E-state index in [1.165, 1.54) is 0 Å². The summed E-state index contributed by atoms with van der Waals surface area (Å²) in [6.45, 7) is 6.12. The monoisotopic (exact) mass is 330 g/mol. The van der Waals surface area contributed by atoms with Crippen molar-refractivity contribution in [3.05, 3.63) is 33.8 Å². The summed E-state index contributed by atoms with van der Waals surface area (Å²) in [6.07, 6.45) is 0.229. The molecule has 0 aromatic heterocycles. The van der Waals surface area contributed by atoms with E-state index < -0.39 is 5.41 Å². The quantitative estimate of drug-likeness (QED) is 0.871. The average molecular weight is 331 g/mol. The number of carbonyl (C=O) groups is 2. The molecule has 0 atom stereocenters. The fraction of sp³-hybridized carbons (Fsp3) is 0.467. The van der Waals surface area contributed by atoms with Crippen molar-refractivity contribution < 1.29 is 9.59 Å². The lowest BCUT2D eigenvalue weighted by Gasteiger charge is -2.17. The summed E-state index contributed by atoms with van der Waals surface area (Å²) in [7, 11) is 0. The topological polar surface area (TPSA) is 58.2 Å². The molecule has 0 saturated heterocycles. The van der Waals surface area contributed by atoms with E-state index in [0.29, 0.717) is 23.1 Å². The van der Waals surface area contributed by atoms with Crippen LogP contribution in [0, 0.1) is 5.41 Å². The SMILES string of the molecule is CC(C)(C)C(=O)NCCC(=O)NCc1ccc(Cl)cc1Cl. The van der Waals surface area contributed by atoms with Crippen molar-refractivity contribution in [3.8, 4) is 0 Å². The maximum Gasteiger partial charge on any atom is 0.225 e. The molecule has 1 aromatic rings. The Kier molecular flexibility index (Phi) is 6.49. The minimum absolute atomic E-state index is 0.0731. The Morgan fingerprint density at radius 2 is 1.81 bits per heavy atom. The fourth-order valence-corrected chi connectivity index (χ4v) is 1.98. The Bertz CT molecular complexity index is 525. The van der Waals surface area contributed by atoms with Crippen molar-refractivity contribution in [2.45, 2.75) is 33.7 Å². The van der Waals surface area contributed by atoms with Gasteiger partial charge < -0.3 is 10.6 Å². The van der Waals surface area contributed by atoms with E-state index in [0.717, 1.165) is 5.56 Å². The third-order valence-electron chi connectivity index (χ3n) is 2.81. The second-order valence-electron chi connectivity index (χ2n) is 5.77. The van der Waals surface area contributed by atoms with E-state index in [2.05, 4.69) is 10.6 Å². The number of amides is 2. The van der Waals surface area contributed by atoms with Crippen LogP contribution in [0.5, 0.6) is 0 Å². The largest absolute Gasteiger partial charge is 0.355 e. The Morgan fingerprint density at radius 3 is 2.38 bits per heavy atom. The molecular formula is C15H20Cl2N2O2. The van der Waals surface area contributed by atoms with Crippen molar-refractivity contribution in [3.63, 3.8) is 0 Å². The van der Waals surface area contributed by atoms with Gasteiger partial charge in [0.05, 0.1) is 0 Å². The van der Waals surface area contributed by atoms with E-state index in [9.17, 15) is 9.59 Å². The van der Waals surface area contributed by atoms with Crippen molar-refractivity contribution in [2.75, 3.05) is 6.54 Å². The van der Waals surface area contributed by atoms with Gasteiger partial charge in [-0.1, -0.05) is 50.0 Å². The summed E-state index contributed by atoms with van der Waals surface area (Å²) in [5, 5.41) is 6.55. The predicted octanol–water partition coefficient (Wildman–Crippen LogP) is 3.16. The minimum Gasteiger partial charge on any atom is -0.355 e. The number of rotatable bonds is 5. The second-order valence-corrected chi connectivity index (χ2v) is 6.61. The van der Waals surface area contributed by atoms with Gasteiger partial charge in [0.2, 0.25) is 11.8 Å². The van der Waals surface area contributed by atoms with Gasteiger partial charge in [-0.15, -0.1) is 0 Å². The molecule has 4 nitrogen and oxygen atoms in total. The lowest BCUT2D eigenvalue weighted by molar-refractivity contribution is -0.128. The summed E-state index contributed by atoms with van der Waals surface area (Å²) in [6, 6.07) is 5.12. The summed E-state index contributed by atoms with van der Waals surface area (Å²) in [5.41, 5.74) is 0.348. The molecule has 2 amide bonds. The molecule has 0 radical (unpaired) electrons. The van der Waals surface area contributed by atoms with E-state index >= 15 is 0 Å². The molecule has 116 valence electrons. The minimum atomic E-state index is -0.451. The van der Waals surface area contributed by atoms with Crippen LogP contribution >= 0.6 is 23.2 Å². The third-order valence-corrected chi connectivity index (χ3v) is 3.40. The number of halogens is 2. The molecule has 6 heteroatoms. The fourth-order valence-electron chi connectivity index (χ4n) is 1.50. The highest BCUT2D eigenvalue weighted by Gasteiger charge is 2.20. The number of benzene rings is 1. The standard InChI is InChI=1S/C15H20Cl2N2O2/c1-15(2,3)14(21)18-7-6-13(20)19-9-10-4-5-11(16)8-12(10)17/h4-5,8H,6-7,9H2,1-3H3,(H,18,21)(H,19,20). The molecule has 1 rings (SSSR count). The number of hydrogen-bond acceptors (Lipinski definition) is 2. The Morgan fingerprint density at radius 1 is 1.14 bits per heavy atom.